The Morgan fingerprint density at radius 1 is 1.50 bits per heavy atom. The lowest BCUT2D eigenvalue weighted by atomic mass is 10.2. The van der Waals surface area contributed by atoms with E-state index in [2.05, 4.69) is 10.2 Å². The van der Waals surface area contributed by atoms with Crippen LogP contribution in [0.1, 0.15) is 0 Å². The van der Waals surface area contributed by atoms with Crippen molar-refractivity contribution >= 4 is 29.5 Å². The van der Waals surface area contributed by atoms with E-state index < -0.39 is 0 Å². The second-order valence-corrected chi connectivity index (χ2v) is 3.44. The van der Waals surface area contributed by atoms with Crippen LogP contribution < -0.4 is 5.73 Å². The lowest BCUT2D eigenvalue weighted by molar-refractivity contribution is 0.552. The van der Waals surface area contributed by atoms with Crippen LogP contribution in [0.15, 0.2) is 22.6 Å². The Morgan fingerprint density at radius 2 is 2.29 bits per heavy atom. The third-order valence-corrected chi connectivity index (χ3v) is 2.15. The van der Waals surface area contributed by atoms with Crippen molar-refractivity contribution in [1.29, 1.82) is 0 Å². The van der Waals surface area contributed by atoms with Gasteiger partial charge in [0.15, 0.2) is 0 Å². The highest BCUT2D eigenvalue weighted by Crippen LogP contribution is 2.27. The molecule has 72 valence electrons. The number of hydrogen-bond donors (Lipinski definition) is 2. The van der Waals surface area contributed by atoms with Gasteiger partial charge in [0.2, 0.25) is 5.89 Å². The van der Waals surface area contributed by atoms with Crippen molar-refractivity contribution in [2.75, 3.05) is 5.73 Å². The number of H-pyrrole nitrogens is 1. The number of nitrogens with one attached hydrogen (secondary N) is 1. The van der Waals surface area contributed by atoms with Crippen molar-refractivity contribution in [3.05, 3.63) is 28.1 Å². The molecule has 0 unspecified atom stereocenters. The monoisotopic (exact) mass is 227 g/mol. The standard InChI is InChI=1S/C8H6ClN3OS/c9-6-3-4(10)1-2-5(6)7-11-12-8(14)13-7/h1-3H,10H2,(H,12,14). The molecule has 0 saturated carbocycles. The summed E-state index contributed by atoms with van der Waals surface area (Å²) in [5.41, 5.74) is 6.80. The molecule has 1 aromatic heterocycles. The maximum atomic E-state index is 5.95. The van der Waals surface area contributed by atoms with Gasteiger partial charge in [0.1, 0.15) is 0 Å². The molecule has 0 fully saturated rings. The van der Waals surface area contributed by atoms with E-state index >= 15 is 0 Å². The van der Waals surface area contributed by atoms with Crippen molar-refractivity contribution in [1.82, 2.24) is 10.2 Å². The van der Waals surface area contributed by atoms with Crippen LogP contribution in [0, 0.1) is 4.84 Å². The molecule has 0 aliphatic carbocycles. The van der Waals surface area contributed by atoms with Crippen LogP contribution in [-0.4, -0.2) is 10.2 Å². The number of rotatable bonds is 1. The molecule has 6 heteroatoms. The van der Waals surface area contributed by atoms with Crippen LogP contribution in [0.5, 0.6) is 0 Å². The van der Waals surface area contributed by atoms with Crippen LogP contribution in [-0.2, 0) is 0 Å². The van der Waals surface area contributed by atoms with Crippen molar-refractivity contribution in [3.63, 3.8) is 0 Å². The first-order chi connectivity index (χ1) is 6.66. The molecular formula is C8H6ClN3OS. The largest absolute Gasteiger partial charge is 0.409 e. The predicted molar refractivity (Wildman–Crippen MR) is 56.5 cm³/mol. The summed E-state index contributed by atoms with van der Waals surface area (Å²) in [5, 5.41) is 6.85. The second kappa shape index (κ2) is 3.43. The maximum absolute atomic E-state index is 5.95. The number of nitrogens with zero attached hydrogens (tertiary/aromatic N) is 1. The zero-order valence-electron chi connectivity index (χ0n) is 6.95. The molecule has 0 bridgehead atoms. The zero-order valence-corrected chi connectivity index (χ0v) is 8.52. The van der Waals surface area contributed by atoms with E-state index in [4.69, 9.17) is 34.0 Å². The van der Waals surface area contributed by atoms with E-state index in [-0.39, 0.29) is 4.84 Å². The average Bonchev–Trinajstić information content (AvgIpc) is 2.51. The molecule has 0 atom stereocenters. The van der Waals surface area contributed by atoms with Gasteiger partial charge in [-0.2, -0.15) is 0 Å². The van der Waals surface area contributed by atoms with Gasteiger partial charge >= 0.3 is 0 Å². The first-order valence-electron chi connectivity index (χ1n) is 3.78. The van der Waals surface area contributed by atoms with Crippen molar-refractivity contribution in [2.24, 2.45) is 0 Å². The topological polar surface area (TPSA) is 67.8 Å². The predicted octanol–water partition coefficient (Wildman–Crippen LogP) is 2.63. The molecule has 2 rings (SSSR count). The van der Waals surface area contributed by atoms with Gasteiger partial charge < -0.3 is 10.2 Å². The van der Waals surface area contributed by atoms with Crippen LogP contribution in [0.25, 0.3) is 11.5 Å². The van der Waals surface area contributed by atoms with Crippen molar-refractivity contribution in [3.8, 4) is 11.5 Å². The number of hydrogen-bond acceptors (Lipinski definition) is 4. The molecule has 0 aliphatic rings. The normalized spacial score (nSPS) is 10.4. The Bertz CT molecular complexity index is 519. The average molecular weight is 228 g/mol. The minimum atomic E-state index is 0.216. The summed E-state index contributed by atoms with van der Waals surface area (Å²) < 4.78 is 5.11. The summed E-state index contributed by atoms with van der Waals surface area (Å²) in [5.74, 6) is 0.361. The zero-order chi connectivity index (χ0) is 10.1. The fraction of sp³-hybridized carbons (Fsp3) is 0. The number of nitrogen functional groups attached to an aromatic ring is 1. The van der Waals surface area contributed by atoms with Gasteiger partial charge in [-0.05, 0) is 30.4 Å². The molecule has 0 radical (unpaired) electrons. The number of anilines is 1. The van der Waals surface area contributed by atoms with Gasteiger partial charge in [0, 0.05) is 5.69 Å². The highest BCUT2D eigenvalue weighted by molar-refractivity contribution is 7.71. The molecule has 1 aromatic carbocycles. The Hall–Kier alpha value is -1.33. The Labute approximate surface area is 89.7 Å². The highest BCUT2D eigenvalue weighted by atomic mass is 35.5. The van der Waals surface area contributed by atoms with Crippen LogP contribution in [0.2, 0.25) is 5.02 Å². The molecule has 1 heterocycles. The molecule has 14 heavy (non-hydrogen) atoms. The SMILES string of the molecule is Nc1ccc(-c2n[nH]c(=S)o2)c(Cl)c1. The fourth-order valence-electron chi connectivity index (χ4n) is 1.05. The van der Waals surface area contributed by atoms with Crippen molar-refractivity contribution < 1.29 is 4.42 Å². The van der Waals surface area contributed by atoms with Crippen LogP contribution in [0.4, 0.5) is 5.69 Å². The smallest absolute Gasteiger partial charge is 0.284 e. The minimum Gasteiger partial charge on any atom is -0.409 e. The lowest BCUT2D eigenvalue weighted by Crippen LogP contribution is -1.86. The summed E-state index contributed by atoms with van der Waals surface area (Å²) >= 11 is 10.7. The number of benzene rings is 1. The van der Waals surface area contributed by atoms with Gasteiger partial charge in [-0.1, -0.05) is 11.6 Å². The van der Waals surface area contributed by atoms with E-state index in [0.29, 0.717) is 22.2 Å². The van der Waals surface area contributed by atoms with E-state index in [1.165, 1.54) is 0 Å². The van der Waals surface area contributed by atoms with Gasteiger partial charge in [-0.25, -0.2) is 5.10 Å². The maximum Gasteiger partial charge on any atom is 0.284 e. The van der Waals surface area contributed by atoms with E-state index in [9.17, 15) is 0 Å². The van der Waals surface area contributed by atoms with Crippen molar-refractivity contribution in [2.45, 2.75) is 0 Å². The molecular weight excluding hydrogens is 222 g/mol. The summed E-state index contributed by atoms with van der Waals surface area (Å²) in [6.07, 6.45) is 0. The number of halogens is 1. The Morgan fingerprint density at radius 3 is 2.86 bits per heavy atom. The molecule has 0 amide bonds. The van der Waals surface area contributed by atoms with Gasteiger partial charge in [0.05, 0.1) is 10.6 Å². The van der Waals surface area contributed by atoms with E-state index in [1.54, 1.807) is 18.2 Å². The summed E-state index contributed by atoms with van der Waals surface area (Å²) in [6, 6.07) is 5.07. The molecule has 0 spiro atoms. The van der Waals surface area contributed by atoms with E-state index in [0.717, 1.165) is 0 Å². The van der Waals surface area contributed by atoms with Crippen LogP contribution in [0.3, 0.4) is 0 Å². The second-order valence-electron chi connectivity index (χ2n) is 2.66. The number of aromatic nitrogens is 2. The fourth-order valence-corrected chi connectivity index (χ4v) is 1.44. The molecule has 0 saturated heterocycles. The summed E-state index contributed by atoms with van der Waals surface area (Å²) in [7, 11) is 0. The first kappa shape index (κ1) is 9.23. The van der Waals surface area contributed by atoms with E-state index in [1.807, 2.05) is 0 Å². The van der Waals surface area contributed by atoms with Gasteiger partial charge in [-0.15, -0.1) is 5.10 Å². The summed E-state index contributed by atoms with van der Waals surface area (Å²) in [6.45, 7) is 0. The lowest BCUT2D eigenvalue weighted by Gasteiger charge is -1.99. The minimum absolute atomic E-state index is 0.216. The number of nitrogens with two attached hydrogens (primary N) is 1. The number of aromatic amines is 1. The quantitative estimate of drug-likeness (QED) is 0.581. The molecule has 3 N–H and O–H groups in total. The molecule has 0 aliphatic heterocycles. The molecule has 4 nitrogen and oxygen atoms in total. The summed E-state index contributed by atoms with van der Waals surface area (Å²) in [4.78, 5) is 0.216. The highest BCUT2D eigenvalue weighted by Gasteiger charge is 2.08. The Kier molecular flexibility index (Phi) is 2.26. The van der Waals surface area contributed by atoms with Crippen LogP contribution >= 0.6 is 23.8 Å². The molecule has 2 aromatic rings. The van der Waals surface area contributed by atoms with Gasteiger partial charge in [-0.3, -0.25) is 0 Å². The first-order valence-corrected chi connectivity index (χ1v) is 4.56. The van der Waals surface area contributed by atoms with Gasteiger partial charge in [0.25, 0.3) is 4.84 Å². The third kappa shape index (κ3) is 1.64. The third-order valence-electron chi connectivity index (χ3n) is 1.66. The Balaban J connectivity index is 2.57.